The molecule has 2 aromatic carbocycles. The molecule has 0 saturated heterocycles. The fourth-order valence-electron chi connectivity index (χ4n) is 2.09. The monoisotopic (exact) mass is 301 g/mol. The minimum atomic E-state index is -0.392. The Labute approximate surface area is 130 Å². The number of aryl methyl sites for hydroxylation is 1. The molecule has 4 heteroatoms. The predicted octanol–water partition coefficient (Wildman–Crippen LogP) is 3.21. The maximum atomic E-state index is 13.4. The Bertz CT molecular complexity index is 642. The van der Waals surface area contributed by atoms with Gasteiger partial charge in [0.25, 0.3) is 0 Å². The zero-order valence-corrected chi connectivity index (χ0v) is 12.9. The lowest BCUT2D eigenvalue weighted by Crippen LogP contribution is -2.32. The normalized spacial score (nSPS) is 10.3. The standard InChI is InChI=1S/C18H20FNO2/c1-14-7-3-4-8-15(14)13-18(21)20(2)11-12-22-17-10-6-5-9-16(17)19/h3-10H,11-13H2,1-2H3. The minimum Gasteiger partial charge on any atom is -0.489 e. The van der Waals surface area contributed by atoms with Gasteiger partial charge in [0.05, 0.1) is 13.0 Å². The molecule has 116 valence electrons. The predicted molar refractivity (Wildman–Crippen MR) is 84.4 cm³/mol. The summed E-state index contributed by atoms with van der Waals surface area (Å²) in [6.07, 6.45) is 0.364. The molecule has 2 rings (SSSR count). The SMILES string of the molecule is Cc1ccccc1CC(=O)N(C)CCOc1ccccc1F. The van der Waals surface area contributed by atoms with E-state index in [-0.39, 0.29) is 18.3 Å². The molecule has 1 amide bonds. The number of para-hydroxylation sites is 1. The van der Waals surface area contributed by atoms with E-state index >= 15 is 0 Å². The molecule has 0 spiro atoms. The average molecular weight is 301 g/mol. The van der Waals surface area contributed by atoms with Crippen molar-refractivity contribution in [2.45, 2.75) is 13.3 Å². The number of ether oxygens (including phenoxy) is 1. The van der Waals surface area contributed by atoms with Gasteiger partial charge in [-0.1, -0.05) is 36.4 Å². The van der Waals surface area contributed by atoms with Gasteiger partial charge in [-0.3, -0.25) is 4.79 Å². The largest absolute Gasteiger partial charge is 0.489 e. The molecule has 0 radical (unpaired) electrons. The molecule has 0 saturated carbocycles. The lowest BCUT2D eigenvalue weighted by atomic mass is 10.1. The first-order valence-corrected chi connectivity index (χ1v) is 7.23. The van der Waals surface area contributed by atoms with E-state index in [1.165, 1.54) is 6.07 Å². The zero-order chi connectivity index (χ0) is 15.9. The van der Waals surface area contributed by atoms with Gasteiger partial charge in [0, 0.05) is 7.05 Å². The van der Waals surface area contributed by atoms with Gasteiger partial charge < -0.3 is 9.64 Å². The van der Waals surface area contributed by atoms with E-state index < -0.39 is 5.82 Å². The van der Waals surface area contributed by atoms with E-state index in [0.717, 1.165) is 11.1 Å². The molecule has 0 N–H and O–H groups in total. The Morgan fingerprint density at radius 1 is 1.14 bits per heavy atom. The van der Waals surface area contributed by atoms with E-state index in [9.17, 15) is 9.18 Å². The van der Waals surface area contributed by atoms with Crippen LogP contribution >= 0.6 is 0 Å². The first kappa shape index (κ1) is 16.0. The number of carbonyl (C=O) groups is 1. The number of amides is 1. The summed E-state index contributed by atoms with van der Waals surface area (Å²) in [6, 6.07) is 14.1. The van der Waals surface area contributed by atoms with Gasteiger partial charge in [-0.15, -0.1) is 0 Å². The lowest BCUT2D eigenvalue weighted by Gasteiger charge is -2.18. The molecule has 0 aliphatic carbocycles. The molecule has 0 heterocycles. The quantitative estimate of drug-likeness (QED) is 0.820. The maximum Gasteiger partial charge on any atom is 0.226 e. The van der Waals surface area contributed by atoms with Crippen molar-refractivity contribution in [1.82, 2.24) is 4.90 Å². The molecule has 0 atom stereocenters. The fourth-order valence-corrected chi connectivity index (χ4v) is 2.09. The minimum absolute atomic E-state index is 0.0198. The molecule has 22 heavy (non-hydrogen) atoms. The van der Waals surface area contributed by atoms with Gasteiger partial charge >= 0.3 is 0 Å². The van der Waals surface area contributed by atoms with Crippen LogP contribution in [0.4, 0.5) is 4.39 Å². The van der Waals surface area contributed by atoms with Crippen molar-refractivity contribution in [3.63, 3.8) is 0 Å². The summed E-state index contributed by atoms with van der Waals surface area (Å²) in [5.41, 5.74) is 2.13. The van der Waals surface area contributed by atoms with Crippen LogP contribution in [0.3, 0.4) is 0 Å². The third-order valence-electron chi connectivity index (χ3n) is 3.55. The summed E-state index contributed by atoms with van der Waals surface area (Å²) >= 11 is 0. The second kappa shape index (κ2) is 7.59. The number of carbonyl (C=O) groups excluding carboxylic acids is 1. The van der Waals surface area contributed by atoms with Crippen molar-refractivity contribution in [3.05, 3.63) is 65.5 Å². The summed E-state index contributed by atoms with van der Waals surface area (Å²) in [4.78, 5) is 13.8. The second-order valence-electron chi connectivity index (χ2n) is 5.20. The van der Waals surface area contributed by atoms with E-state index in [0.29, 0.717) is 13.0 Å². The van der Waals surface area contributed by atoms with Crippen LogP contribution in [0.25, 0.3) is 0 Å². The molecule has 0 bridgehead atoms. The highest BCUT2D eigenvalue weighted by Gasteiger charge is 2.11. The Kier molecular flexibility index (Phi) is 5.53. The first-order valence-electron chi connectivity index (χ1n) is 7.23. The van der Waals surface area contributed by atoms with Crippen molar-refractivity contribution in [3.8, 4) is 5.75 Å². The van der Waals surface area contributed by atoms with Gasteiger partial charge in [-0.2, -0.15) is 0 Å². The van der Waals surface area contributed by atoms with E-state index in [4.69, 9.17) is 4.74 Å². The van der Waals surface area contributed by atoms with Gasteiger partial charge in [0.2, 0.25) is 5.91 Å². The Balaban J connectivity index is 1.82. The molecule has 0 fully saturated rings. The highest BCUT2D eigenvalue weighted by Crippen LogP contribution is 2.15. The summed E-state index contributed by atoms with van der Waals surface area (Å²) in [5.74, 6) is -0.162. The van der Waals surface area contributed by atoms with E-state index in [1.807, 2.05) is 31.2 Å². The van der Waals surface area contributed by atoms with Crippen molar-refractivity contribution >= 4 is 5.91 Å². The summed E-state index contributed by atoms with van der Waals surface area (Å²) < 4.78 is 18.8. The molecule has 0 aliphatic heterocycles. The number of nitrogens with zero attached hydrogens (tertiary/aromatic N) is 1. The van der Waals surface area contributed by atoms with E-state index in [1.54, 1.807) is 30.1 Å². The van der Waals surface area contributed by atoms with Crippen LogP contribution < -0.4 is 4.74 Å². The Morgan fingerprint density at radius 3 is 2.55 bits per heavy atom. The zero-order valence-electron chi connectivity index (χ0n) is 12.9. The number of halogens is 1. The molecule has 3 nitrogen and oxygen atoms in total. The average Bonchev–Trinajstić information content (AvgIpc) is 2.51. The third-order valence-corrected chi connectivity index (χ3v) is 3.55. The van der Waals surface area contributed by atoms with Crippen LogP contribution in [0.5, 0.6) is 5.75 Å². The molecule has 0 aliphatic rings. The molecular formula is C18H20FNO2. The van der Waals surface area contributed by atoms with Crippen LogP contribution in [-0.2, 0) is 11.2 Å². The third kappa shape index (κ3) is 4.32. The van der Waals surface area contributed by atoms with Gasteiger partial charge in [-0.05, 0) is 30.2 Å². The van der Waals surface area contributed by atoms with Crippen LogP contribution in [0.2, 0.25) is 0 Å². The van der Waals surface area contributed by atoms with E-state index in [2.05, 4.69) is 0 Å². The number of hydrogen-bond acceptors (Lipinski definition) is 2. The highest BCUT2D eigenvalue weighted by molar-refractivity contribution is 5.78. The van der Waals surface area contributed by atoms with Crippen LogP contribution in [0.15, 0.2) is 48.5 Å². The summed E-state index contributed by atoms with van der Waals surface area (Å²) in [6.45, 7) is 2.67. The van der Waals surface area contributed by atoms with Gasteiger partial charge in [0.1, 0.15) is 6.61 Å². The van der Waals surface area contributed by atoms with Crippen molar-refractivity contribution in [2.24, 2.45) is 0 Å². The molecule has 0 unspecified atom stereocenters. The van der Waals surface area contributed by atoms with Crippen molar-refractivity contribution in [1.29, 1.82) is 0 Å². The Hall–Kier alpha value is -2.36. The highest BCUT2D eigenvalue weighted by atomic mass is 19.1. The maximum absolute atomic E-state index is 13.4. The molecule has 0 aromatic heterocycles. The number of hydrogen-bond donors (Lipinski definition) is 0. The number of rotatable bonds is 6. The van der Waals surface area contributed by atoms with Gasteiger partial charge in [0.15, 0.2) is 11.6 Å². The number of benzene rings is 2. The topological polar surface area (TPSA) is 29.5 Å². The number of likely N-dealkylation sites (N-methyl/N-ethyl adjacent to an activating group) is 1. The van der Waals surface area contributed by atoms with Crippen molar-refractivity contribution < 1.29 is 13.9 Å². The van der Waals surface area contributed by atoms with Crippen LogP contribution in [0.1, 0.15) is 11.1 Å². The smallest absolute Gasteiger partial charge is 0.226 e. The summed E-state index contributed by atoms with van der Waals surface area (Å²) in [7, 11) is 1.73. The molecular weight excluding hydrogens is 281 g/mol. The van der Waals surface area contributed by atoms with Crippen LogP contribution in [-0.4, -0.2) is 31.0 Å². The fraction of sp³-hybridized carbons (Fsp3) is 0.278. The summed E-state index contributed by atoms with van der Waals surface area (Å²) in [5, 5.41) is 0. The second-order valence-corrected chi connectivity index (χ2v) is 5.20. The van der Waals surface area contributed by atoms with Crippen molar-refractivity contribution in [2.75, 3.05) is 20.2 Å². The Morgan fingerprint density at radius 2 is 1.82 bits per heavy atom. The lowest BCUT2D eigenvalue weighted by molar-refractivity contribution is -0.129. The van der Waals surface area contributed by atoms with Crippen LogP contribution in [0, 0.1) is 12.7 Å². The first-order chi connectivity index (χ1) is 10.6. The molecule has 2 aromatic rings. The van der Waals surface area contributed by atoms with Gasteiger partial charge in [-0.25, -0.2) is 4.39 Å².